The molecule has 0 saturated carbocycles. The molecule has 0 aromatic heterocycles. The minimum Gasteiger partial charge on any atom is -0.493 e. The largest absolute Gasteiger partial charge is 0.493 e. The van der Waals surface area contributed by atoms with Gasteiger partial charge in [0.25, 0.3) is 0 Å². The molecule has 0 unspecified atom stereocenters. The van der Waals surface area contributed by atoms with Crippen LogP contribution in [0.3, 0.4) is 0 Å². The van der Waals surface area contributed by atoms with E-state index in [0.29, 0.717) is 23.1 Å². The second-order valence-corrected chi connectivity index (χ2v) is 5.72. The molecule has 3 nitrogen and oxygen atoms in total. The van der Waals surface area contributed by atoms with Crippen molar-refractivity contribution in [2.75, 3.05) is 19.5 Å². The van der Waals surface area contributed by atoms with Gasteiger partial charge in [0.1, 0.15) is 0 Å². The quantitative estimate of drug-likeness (QED) is 0.742. The van der Waals surface area contributed by atoms with Crippen molar-refractivity contribution in [1.29, 1.82) is 0 Å². The molecule has 0 spiro atoms. The highest BCUT2D eigenvalue weighted by Gasteiger charge is 2.10. The Hall–Kier alpha value is -1.14. The van der Waals surface area contributed by atoms with Gasteiger partial charge < -0.3 is 14.8 Å². The highest BCUT2D eigenvalue weighted by atomic mass is 127. The lowest BCUT2D eigenvalue weighted by atomic mass is 10.2. The van der Waals surface area contributed by atoms with Crippen molar-refractivity contribution in [2.24, 2.45) is 0 Å². The third-order valence-corrected chi connectivity index (χ3v) is 4.07. The van der Waals surface area contributed by atoms with E-state index in [1.54, 1.807) is 14.2 Å². The molecule has 0 heterocycles. The van der Waals surface area contributed by atoms with Crippen molar-refractivity contribution >= 4 is 39.9 Å². The van der Waals surface area contributed by atoms with Crippen LogP contribution < -0.4 is 14.8 Å². The number of hydrogen-bond acceptors (Lipinski definition) is 3. The summed E-state index contributed by atoms with van der Waals surface area (Å²) in [7, 11) is 3.18. The number of ether oxygens (including phenoxy) is 2. The molecule has 1 N–H and O–H groups in total. The number of methoxy groups -OCH3 is 2. The van der Waals surface area contributed by atoms with Crippen molar-refractivity contribution in [3.8, 4) is 11.5 Å². The predicted molar refractivity (Wildman–Crippen MR) is 91.0 cm³/mol. The highest BCUT2D eigenvalue weighted by molar-refractivity contribution is 14.1. The van der Waals surface area contributed by atoms with E-state index in [9.17, 15) is 0 Å². The molecule has 106 valence electrons. The fraction of sp³-hybridized carbons (Fsp3) is 0.200. The van der Waals surface area contributed by atoms with Gasteiger partial charge in [-0.3, -0.25) is 0 Å². The van der Waals surface area contributed by atoms with Crippen LogP contribution in [0.25, 0.3) is 0 Å². The fourth-order valence-electron chi connectivity index (χ4n) is 1.88. The van der Waals surface area contributed by atoms with E-state index in [-0.39, 0.29) is 0 Å². The molecule has 0 aliphatic heterocycles. The Labute approximate surface area is 137 Å². The van der Waals surface area contributed by atoms with Gasteiger partial charge >= 0.3 is 0 Å². The van der Waals surface area contributed by atoms with E-state index in [4.69, 9.17) is 21.1 Å². The van der Waals surface area contributed by atoms with Crippen molar-refractivity contribution in [3.63, 3.8) is 0 Å². The summed E-state index contributed by atoms with van der Waals surface area (Å²) < 4.78 is 11.7. The molecule has 20 heavy (non-hydrogen) atoms. The molecule has 0 amide bonds. The third-order valence-electron chi connectivity index (χ3n) is 2.85. The van der Waals surface area contributed by atoms with Crippen molar-refractivity contribution in [3.05, 3.63) is 50.6 Å². The number of anilines is 1. The number of benzene rings is 2. The average molecular weight is 404 g/mol. The zero-order chi connectivity index (χ0) is 14.5. The summed E-state index contributed by atoms with van der Waals surface area (Å²) in [4.78, 5) is 0. The Morgan fingerprint density at radius 1 is 1.15 bits per heavy atom. The predicted octanol–water partition coefficient (Wildman–Crippen LogP) is 4.57. The maximum Gasteiger partial charge on any atom is 0.179 e. The molecule has 0 aliphatic carbocycles. The minimum absolute atomic E-state index is 0.548. The van der Waals surface area contributed by atoms with Gasteiger partial charge in [-0.15, -0.1) is 0 Å². The van der Waals surface area contributed by atoms with Crippen LogP contribution in [0, 0.1) is 3.57 Å². The summed E-state index contributed by atoms with van der Waals surface area (Å²) in [6.07, 6.45) is 0. The van der Waals surface area contributed by atoms with Crippen molar-refractivity contribution < 1.29 is 9.47 Å². The standard InChI is InChI=1S/C15H15ClINO2/c1-19-14-8-10(7-11(16)15(14)20-2)9-18-13-6-4-3-5-12(13)17/h3-8,18H,9H2,1-2H3. The molecule has 0 saturated heterocycles. The smallest absolute Gasteiger partial charge is 0.179 e. The molecule has 0 aliphatic rings. The Morgan fingerprint density at radius 2 is 1.90 bits per heavy atom. The molecule has 0 fully saturated rings. The lowest BCUT2D eigenvalue weighted by Gasteiger charge is -2.13. The molecule has 2 aromatic carbocycles. The summed E-state index contributed by atoms with van der Waals surface area (Å²) in [6.45, 7) is 0.667. The van der Waals surface area contributed by atoms with Gasteiger partial charge in [-0.05, 0) is 52.4 Å². The Bertz CT molecular complexity index is 604. The zero-order valence-electron chi connectivity index (χ0n) is 11.2. The van der Waals surface area contributed by atoms with Crippen LogP contribution in [0.15, 0.2) is 36.4 Å². The van der Waals surface area contributed by atoms with Crippen LogP contribution in [0.2, 0.25) is 5.02 Å². The SMILES string of the molecule is COc1cc(CNc2ccccc2I)cc(Cl)c1OC. The maximum atomic E-state index is 6.19. The van der Waals surface area contributed by atoms with Crippen molar-refractivity contribution in [1.82, 2.24) is 0 Å². The number of para-hydroxylation sites is 1. The van der Waals surface area contributed by atoms with Crippen LogP contribution in [0.5, 0.6) is 11.5 Å². The minimum atomic E-state index is 0.548. The van der Waals surface area contributed by atoms with Gasteiger partial charge in [0.15, 0.2) is 11.5 Å². The third kappa shape index (κ3) is 3.49. The Kier molecular flexibility index (Phi) is 5.37. The van der Waals surface area contributed by atoms with E-state index in [1.165, 1.54) is 3.57 Å². The molecular formula is C15H15ClINO2. The van der Waals surface area contributed by atoms with E-state index in [1.807, 2.05) is 30.3 Å². The van der Waals surface area contributed by atoms with Gasteiger partial charge in [0, 0.05) is 15.8 Å². The van der Waals surface area contributed by atoms with Gasteiger partial charge in [-0.25, -0.2) is 0 Å². The summed E-state index contributed by atoms with van der Waals surface area (Å²) in [5.41, 5.74) is 2.13. The summed E-state index contributed by atoms with van der Waals surface area (Å²) >= 11 is 8.49. The lowest BCUT2D eigenvalue weighted by Crippen LogP contribution is -2.02. The summed E-state index contributed by atoms with van der Waals surface area (Å²) in [6, 6.07) is 11.9. The molecule has 0 radical (unpaired) electrons. The average Bonchev–Trinajstić information content (AvgIpc) is 2.45. The number of hydrogen-bond donors (Lipinski definition) is 1. The molecule has 2 aromatic rings. The zero-order valence-corrected chi connectivity index (χ0v) is 14.2. The first-order valence-electron chi connectivity index (χ1n) is 6.04. The molecule has 2 rings (SSSR count). The molecular weight excluding hydrogens is 389 g/mol. The van der Waals surface area contributed by atoms with Crippen LogP contribution in [0.1, 0.15) is 5.56 Å². The van der Waals surface area contributed by atoms with E-state index in [0.717, 1.165) is 11.3 Å². The first-order valence-corrected chi connectivity index (χ1v) is 7.50. The topological polar surface area (TPSA) is 30.5 Å². The van der Waals surface area contributed by atoms with Crippen molar-refractivity contribution in [2.45, 2.75) is 6.54 Å². The van der Waals surface area contributed by atoms with E-state index >= 15 is 0 Å². The fourth-order valence-corrected chi connectivity index (χ4v) is 2.76. The molecule has 0 bridgehead atoms. The number of halogens is 2. The first-order chi connectivity index (χ1) is 9.65. The summed E-state index contributed by atoms with van der Waals surface area (Å²) in [5.74, 6) is 1.20. The van der Waals surface area contributed by atoms with E-state index in [2.05, 4.69) is 34.0 Å². The van der Waals surface area contributed by atoms with Crippen LogP contribution in [-0.2, 0) is 6.54 Å². The van der Waals surface area contributed by atoms with E-state index < -0.39 is 0 Å². The van der Waals surface area contributed by atoms with Crippen LogP contribution in [-0.4, -0.2) is 14.2 Å². The van der Waals surface area contributed by atoms with Gasteiger partial charge in [-0.1, -0.05) is 23.7 Å². The van der Waals surface area contributed by atoms with Gasteiger partial charge in [-0.2, -0.15) is 0 Å². The van der Waals surface area contributed by atoms with Gasteiger partial charge in [0.2, 0.25) is 0 Å². The number of nitrogens with one attached hydrogen (secondary N) is 1. The Balaban J connectivity index is 2.18. The first kappa shape index (κ1) is 15.3. The van der Waals surface area contributed by atoms with Gasteiger partial charge in [0.05, 0.1) is 19.2 Å². The monoisotopic (exact) mass is 403 g/mol. The second kappa shape index (κ2) is 7.04. The highest BCUT2D eigenvalue weighted by Crippen LogP contribution is 2.36. The van der Waals surface area contributed by atoms with Crippen LogP contribution in [0.4, 0.5) is 5.69 Å². The summed E-state index contributed by atoms with van der Waals surface area (Å²) in [5, 5.41) is 3.93. The maximum absolute atomic E-state index is 6.19. The Morgan fingerprint density at radius 3 is 2.55 bits per heavy atom. The molecule has 5 heteroatoms. The molecule has 0 atom stereocenters. The normalized spacial score (nSPS) is 10.2. The number of rotatable bonds is 5. The van der Waals surface area contributed by atoms with Crippen LogP contribution >= 0.6 is 34.2 Å². The lowest BCUT2D eigenvalue weighted by molar-refractivity contribution is 0.355. The second-order valence-electron chi connectivity index (χ2n) is 4.15.